The zero-order valence-corrected chi connectivity index (χ0v) is 11.6. The van der Waals surface area contributed by atoms with Crippen LogP contribution in [0.2, 0.25) is 0 Å². The number of rotatable bonds is 5. The fourth-order valence-corrected chi connectivity index (χ4v) is 2.33. The first kappa shape index (κ1) is 12.7. The zero-order valence-electron chi connectivity index (χ0n) is 10.8. The molecule has 0 radical (unpaired) electrons. The molecule has 0 atom stereocenters. The number of para-hydroxylation sites is 1. The van der Waals surface area contributed by atoms with Crippen molar-refractivity contribution in [1.82, 2.24) is 20.3 Å². The van der Waals surface area contributed by atoms with Gasteiger partial charge in [0, 0.05) is 17.5 Å². The van der Waals surface area contributed by atoms with E-state index in [1.807, 2.05) is 43.3 Å². The molecule has 2 aromatic heterocycles. The molecule has 20 heavy (non-hydrogen) atoms. The summed E-state index contributed by atoms with van der Waals surface area (Å²) in [5.41, 5.74) is 1.85. The maximum atomic E-state index is 5.01. The Kier molecular flexibility index (Phi) is 3.69. The second-order valence-corrected chi connectivity index (χ2v) is 5.12. The first-order chi connectivity index (χ1) is 9.79. The highest BCUT2D eigenvalue weighted by Gasteiger charge is 2.06. The van der Waals surface area contributed by atoms with Crippen LogP contribution in [0.3, 0.4) is 0 Å². The summed E-state index contributed by atoms with van der Waals surface area (Å²) in [5, 5.41) is 14.7. The number of aromatic amines is 1. The van der Waals surface area contributed by atoms with Crippen molar-refractivity contribution in [3.05, 3.63) is 47.9 Å². The molecule has 0 fully saturated rings. The lowest BCUT2D eigenvalue weighted by atomic mass is 10.3. The molecule has 3 rings (SSSR count). The van der Waals surface area contributed by atoms with Crippen LogP contribution in [0.4, 0.5) is 11.6 Å². The monoisotopic (exact) mass is 287 g/mol. The molecule has 0 aliphatic rings. The fourth-order valence-electron chi connectivity index (χ4n) is 1.65. The maximum absolute atomic E-state index is 5.01. The molecule has 2 heterocycles. The summed E-state index contributed by atoms with van der Waals surface area (Å²) >= 11 is 1.50. The molecule has 6 nitrogen and oxygen atoms in total. The predicted molar refractivity (Wildman–Crippen MR) is 76.9 cm³/mol. The summed E-state index contributed by atoms with van der Waals surface area (Å²) in [6, 6.07) is 11.7. The SMILES string of the molecule is Cc1cc(CSc2n[nH]c(Nc3ccccc3)n2)no1. The minimum absolute atomic E-state index is 0.620. The van der Waals surface area contributed by atoms with E-state index in [0.717, 1.165) is 17.1 Å². The van der Waals surface area contributed by atoms with Crippen molar-refractivity contribution >= 4 is 23.4 Å². The average Bonchev–Trinajstić information content (AvgIpc) is 3.07. The van der Waals surface area contributed by atoms with Crippen LogP contribution in [0.1, 0.15) is 11.5 Å². The average molecular weight is 287 g/mol. The van der Waals surface area contributed by atoms with E-state index in [2.05, 4.69) is 25.7 Å². The van der Waals surface area contributed by atoms with E-state index in [4.69, 9.17) is 4.52 Å². The van der Waals surface area contributed by atoms with Gasteiger partial charge in [0.1, 0.15) is 5.76 Å². The van der Waals surface area contributed by atoms with E-state index < -0.39 is 0 Å². The Labute approximate surface area is 120 Å². The minimum Gasteiger partial charge on any atom is -0.361 e. The standard InChI is InChI=1S/C13H13N5OS/c1-9-7-11(18-19-9)8-20-13-15-12(16-17-13)14-10-5-3-2-4-6-10/h2-7H,8H2,1H3,(H2,14,15,16,17). The predicted octanol–water partition coefficient (Wildman–Crippen LogP) is 3.14. The van der Waals surface area contributed by atoms with Gasteiger partial charge in [-0.1, -0.05) is 35.1 Å². The lowest BCUT2D eigenvalue weighted by Crippen LogP contribution is -1.91. The van der Waals surface area contributed by atoms with Crippen molar-refractivity contribution in [1.29, 1.82) is 0 Å². The second kappa shape index (κ2) is 5.79. The Morgan fingerprint density at radius 2 is 2.15 bits per heavy atom. The van der Waals surface area contributed by atoms with Crippen LogP contribution >= 0.6 is 11.8 Å². The molecule has 0 amide bonds. The van der Waals surface area contributed by atoms with Crippen LogP contribution in [-0.4, -0.2) is 20.3 Å². The summed E-state index contributed by atoms with van der Waals surface area (Å²) in [5.74, 6) is 2.11. The number of benzene rings is 1. The highest BCUT2D eigenvalue weighted by atomic mass is 32.2. The Balaban J connectivity index is 1.59. The van der Waals surface area contributed by atoms with Crippen LogP contribution in [0.5, 0.6) is 0 Å². The fraction of sp³-hybridized carbons (Fsp3) is 0.154. The van der Waals surface area contributed by atoms with Crippen LogP contribution in [0.15, 0.2) is 46.1 Å². The minimum atomic E-state index is 0.620. The number of nitrogens with zero attached hydrogens (tertiary/aromatic N) is 3. The van der Waals surface area contributed by atoms with E-state index in [0.29, 0.717) is 16.9 Å². The molecule has 3 aromatic rings. The molecule has 7 heteroatoms. The molecule has 102 valence electrons. The molecule has 2 N–H and O–H groups in total. The van der Waals surface area contributed by atoms with E-state index in [1.54, 1.807) is 0 Å². The van der Waals surface area contributed by atoms with Gasteiger partial charge in [-0.2, -0.15) is 4.98 Å². The maximum Gasteiger partial charge on any atom is 0.223 e. The van der Waals surface area contributed by atoms with E-state index in [9.17, 15) is 0 Å². The summed E-state index contributed by atoms with van der Waals surface area (Å²) in [6.07, 6.45) is 0. The molecule has 0 aliphatic heterocycles. The Morgan fingerprint density at radius 3 is 2.90 bits per heavy atom. The molecule has 0 bridgehead atoms. The Hall–Kier alpha value is -2.28. The van der Waals surface area contributed by atoms with Gasteiger partial charge in [0.2, 0.25) is 11.1 Å². The van der Waals surface area contributed by atoms with Gasteiger partial charge in [0.25, 0.3) is 0 Å². The third kappa shape index (κ3) is 3.18. The molecule has 0 aliphatic carbocycles. The number of aromatic nitrogens is 4. The normalized spacial score (nSPS) is 10.7. The summed E-state index contributed by atoms with van der Waals surface area (Å²) in [6.45, 7) is 1.87. The second-order valence-electron chi connectivity index (χ2n) is 4.18. The number of aryl methyl sites for hydroxylation is 1. The molecular weight excluding hydrogens is 274 g/mol. The number of anilines is 2. The zero-order chi connectivity index (χ0) is 13.8. The molecule has 0 saturated heterocycles. The van der Waals surface area contributed by atoms with Gasteiger partial charge in [0.05, 0.1) is 5.69 Å². The third-order valence-corrected chi connectivity index (χ3v) is 3.41. The first-order valence-electron chi connectivity index (χ1n) is 6.09. The van der Waals surface area contributed by atoms with Gasteiger partial charge >= 0.3 is 0 Å². The van der Waals surface area contributed by atoms with Gasteiger partial charge in [-0.25, -0.2) is 5.10 Å². The molecule has 1 aromatic carbocycles. The number of thioether (sulfide) groups is 1. The lowest BCUT2D eigenvalue weighted by molar-refractivity contribution is 0.393. The van der Waals surface area contributed by atoms with Crippen molar-refractivity contribution in [2.75, 3.05) is 5.32 Å². The number of H-pyrrole nitrogens is 1. The Morgan fingerprint density at radius 1 is 1.30 bits per heavy atom. The van der Waals surface area contributed by atoms with Gasteiger partial charge in [-0.3, -0.25) is 0 Å². The van der Waals surface area contributed by atoms with Gasteiger partial charge in [0.15, 0.2) is 0 Å². The largest absolute Gasteiger partial charge is 0.361 e. The molecular formula is C13H13N5OS. The van der Waals surface area contributed by atoms with Crippen LogP contribution in [0.25, 0.3) is 0 Å². The molecule has 0 saturated carbocycles. The van der Waals surface area contributed by atoms with Crippen molar-refractivity contribution < 1.29 is 4.52 Å². The number of hydrogen-bond donors (Lipinski definition) is 2. The van der Waals surface area contributed by atoms with Crippen LogP contribution in [0, 0.1) is 6.92 Å². The Bertz CT molecular complexity index is 679. The van der Waals surface area contributed by atoms with Crippen molar-refractivity contribution in [3.63, 3.8) is 0 Å². The van der Waals surface area contributed by atoms with Crippen molar-refractivity contribution in [3.8, 4) is 0 Å². The smallest absolute Gasteiger partial charge is 0.223 e. The van der Waals surface area contributed by atoms with Gasteiger partial charge < -0.3 is 9.84 Å². The topological polar surface area (TPSA) is 79.6 Å². The lowest BCUT2D eigenvalue weighted by Gasteiger charge is -1.99. The number of hydrogen-bond acceptors (Lipinski definition) is 6. The summed E-state index contributed by atoms with van der Waals surface area (Å²) < 4.78 is 5.01. The van der Waals surface area contributed by atoms with Crippen molar-refractivity contribution in [2.24, 2.45) is 0 Å². The van der Waals surface area contributed by atoms with E-state index in [-0.39, 0.29) is 0 Å². The quantitative estimate of drug-likeness (QED) is 0.702. The van der Waals surface area contributed by atoms with E-state index >= 15 is 0 Å². The molecule has 0 unspecified atom stereocenters. The summed E-state index contributed by atoms with van der Waals surface area (Å²) in [4.78, 5) is 4.35. The summed E-state index contributed by atoms with van der Waals surface area (Å²) in [7, 11) is 0. The van der Waals surface area contributed by atoms with E-state index in [1.165, 1.54) is 11.8 Å². The number of nitrogens with one attached hydrogen (secondary N) is 2. The molecule has 0 spiro atoms. The highest BCUT2D eigenvalue weighted by molar-refractivity contribution is 7.98. The van der Waals surface area contributed by atoms with Crippen LogP contribution in [-0.2, 0) is 5.75 Å². The third-order valence-electron chi connectivity index (χ3n) is 2.53. The highest BCUT2D eigenvalue weighted by Crippen LogP contribution is 2.20. The first-order valence-corrected chi connectivity index (χ1v) is 7.07. The van der Waals surface area contributed by atoms with Crippen LogP contribution < -0.4 is 5.32 Å². The van der Waals surface area contributed by atoms with Gasteiger partial charge in [-0.05, 0) is 19.1 Å². The van der Waals surface area contributed by atoms with Gasteiger partial charge in [-0.15, -0.1) is 5.10 Å². The van der Waals surface area contributed by atoms with Crippen molar-refractivity contribution in [2.45, 2.75) is 17.8 Å².